The van der Waals surface area contributed by atoms with E-state index < -0.39 is 0 Å². The Balaban J connectivity index is 1.91. The van der Waals surface area contributed by atoms with Crippen molar-refractivity contribution in [3.05, 3.63) is 54.7 Å². The summed E-state index contributed by atoms with van der Waals surface area (Å²) >= 11 is 0. The number of hydrogen-bond donors (Lipinski definition) is 2. The number of carbonyl (C=O) groups excluding carboxylic acids is 1. The molecule has 2 amide bonds. The predicted octanol–water partition coefficient (Wildman–Crippen LogP) is 4.71. The molecule has 0 unspecified atom stereocenters. The maximum absolute atomic E-state index is 12.2. The minimum absolute atomic E-state index is 0.0630. The lowest BCUT2D eigenvalue weighted by Gasteiger charge is -2.19. The van der Waals surface area contributed by atoms with Crippen LogP contribution in [-0.2, 0) is 0 Å². The summed E-state index contributed by atoms with van der Waals surface area (Å²) in [5, 5.41) is 4.16. The Morgan fingerprint density at radius 3 is 2.65 bits per heavy atom. The van der Waals surface area contributed by atoms with Crippen LogP contribution in [0.4, 0.5) is 10.5 Å². The summed E-state index contributed by atoms with van der Waals surface area (Å²) in [5.74, 6) is 0. The molecule has 4 heteroatoms. The van der Waals surface area contributed by atoms with Gasteiger partial charge in [0.15, 0.2) is 0 Å². The van der Waals surface area contributed by atoms with Crippen molar-refractivity contribution in [3.63, 3.8) is 0 Å². The average molecular weight is 307 g/mol. The zero-order valence-corrected chi connectivity index (χ0v) is 13.5. The standard InChI is InChI=1S/C19H21N3O/c1-3-22(4-2)19(23)21-15-8-5-7-14(13-15)16-9-6-10-18-17(16)11-12-20-18/h5-13,20H,3-4H2,1-2H3,(H,21,23). The van der Waals surface area contributed by atoms with Crippen molar-refractivity contribution in [2.24, 2.45) is 0 Å². The molecule has 2 aromatic carbocycles. The van der Waals surface area contributed by atoms with Crippen LogP contribution in [-0.4, -0.2) is 29.0 Å². The molecule has 3 rings (SSSR count). The second-order valence-electron chi connectivity index (χ2n) is 5.43. The van der Waals surface area contributed by atoms with Gasteiger partial charge >= 0.3 is 6.03 Å². The van der Waals surface area contributed by atoms with E-state index in [1.807, 2.05) is 44.3 Å². The molecule has 0 aliphatic heterocycles. The van der Waals surface area contributed by atoms with Crippen molar-refractivity contribution in [1.29, 1.82) is 0 Å². The van der Waals surface area contributed by atoms with E-state index in [0.717, 1.165) is 22.3 Å². The highest BCUT2D eigenvalue weighted by Gasteiger charge is 2.10. The Labute approximate surface area is 136 Å². The van der Waals surface area contributed by atoms with Crippen molar-refractivity contribution in [2.45, 2.75) is 13.8 Å². The number of anilines is 1. The monoisotopic (exact) mass is 307 g/mol. The minimum atomic E-state index is -0.0630. The second-order valence-corrected chi connectivity index (χ2v) is 5.43. The van der Waals surface area contributed by atoms with Crippen LogP contribution in [0.3, 0.4) is 0 Å². The Bertz CT molecular complexity index is 818. The van der Waals surface area contributed by atoms with E-state index in [1.165, 1.54) is 5.39 Å². The van der Waals surface area contributed by atoms with Gasteiger partial charge in [-0.15, -0.1) is 0 Å². The van der Waals surface area contributed by atoms with E-state index in [-0.39, 0.29) is 6.03 Å². The predicted molar refractivity (Wildman–Crippen MR) is 95.7 cm³/mol. The molecular weight excluding hydrogens is 286 g/mol. The molecule has 0 radical (unpaired) electrons. The van der Waals surface area contributed by atoms with Gasteiger partial charge in [-0.25, -0.2) is 4.79 Å². The van der Waals surface area contributed by atoms with E-state index >= 15 is 0 Å². The molecule has 23 heavy (non-hydrogen) atoms. The average Bonchev–Trinajstić information content (AvgIpc) is 3.04. The highest BCUT2D eigenvalue weighted by Crippen LogP contribution is 2.29. The van der Waals surface area contributed by atoms with Crippen molar-refractivity contribution in [1.82, 2.24) is 9.88 Å². The summed E-state index contributed by atoms with van der Waals surface area (Å²) in [5.41, 5.74) is 4.17. The van der Waals surface area contributed by atoms with Crippen LogP contribution < -0.4 is 5.32 Å². The number of aromatic amines is 1. The molecule has 3 aromatic rings. The summed E-state index contributed by atoms with van der Waals surface area (Å²) in [7, 11) is 0. The van der Waals surface area contributed by atoms with Gasteiger partial charge in [0.25, 0.3) is 0 Å². The maximum atomic E-state index is 12.2. The molecular formula is C19H21N3O. The van der Waals surface area contributed by atoms with Crippen LogP contribution in [0, 0.1) is 0 Å². The molecule has 0 aliphatic rings. The third-order valence-corrected chi connectivity index (χ3v) is 4.07. The number of fused-ring (bicyclic) bond motifs is 1. The summed E-state index contributed by atoms with van der Waals surface area (Å²) in [6.07, 6.45) is 1.94. The number of aromatic nitrogens is 1. The van der Waals surface area contributed by atoms with Gasteiger partial charge in [0.05, 0.1) is 0 Å². The first-order chi connectivity index (χ1) is 11.2. The number of rotatable bonds is 4. The number of carbonyl (C=O) groups is 1. The fraction of sp³-hybridized carbons (Fsp3) is 0.211. The summed E-state index contributed by atoms with van der Waals surface area (Å²) in [6, 6.07) is 16.2. The van der Waals surface area contributed by atoms with Gasteiger partial charge in [0, 0.05) is 35.9 Å². The van der Waals surface area contributed by atoms with Gasteiger partial charge in [-0.2, -0.15) is 0 Å². The van der Waals surface area contributed by atoms with E-state index in [4.69, 9.17) is 0 Å². The lowest BCUT2D eigenvalue weighted by Crippen LogP contribution is -2.34. The molecule has 1 heterocycles. The third-order valence-electron chi connectivity index (χ3n) is 4.07. The van der Waals surface area contributed by atoms with Crippen molar-refractivity contribution in [3.8, 4) is 11.1 Å². The van der Waals surface area contributed by atoms with Crippen molar-refractivity contribution in [2.75, 3.05) is 18.4 Å². The van der Waals surface area contributed by atoms with E-state index in [0.29, 0.717) is 13.1 Å². The number of H-pyrrole nitrogens is 1. The quantitative estimate of drug-likeness (QED) is 0.720. The molecule has 0 saturated carbocycles. The highest BCUT2D eigenvalue weighted by atomic mass is 16.2. The van der Waals surface area contributed by atoms with Crippen molar-refractivity contribution >= 4 is 22.6 Å². The topological polar surface area (TPSA) is 48.1 Å². The number of amides is 2. The zero-order valence-electron chi connectivity index (χ0n) is 13.5. The van der Waals surface area contributed by atoms with Gasteiger partial charge in [-0.3, -0.25) is 0 Å². The number of hydrogen-bond acceptors (Lipinski definition) is 1. The van der Waals surface area contributed by atoms with Crippen LogP contribution in [0.2, 0.25) is 0 Å². The lowest BCUT2D eigenvalue weighted by atomic mass is 10.0. The van der Waals surface area contributed by atoms with Crippen LogP contribution in [0.25, 0.3) is 22.0 Å². The summed E-state index contributed by atoms with van der Waals surface area (Å²) < 4.78 is 0. The van der Waals surface area contributed by atoms with Crippen LogP contribution in [0.15, 0.2) is 54.7 Å². The molecule has 1 aromatic heterocycles. The van der Waals surface area contributed by atoms with Crippen LogP contribution in [0.1, 0.15) is 13.8 Å². The molecule has 2 N–H and O–H groups in total. The molecule has 0 atom stereocenters. The molecule has 0 aliphatic carbocycles. The molecule has 4 nitrogen and oxygen atoms in total. The molecule has 118 valence electrons. The fourth-order valence-electron chi connectivity index (χ4n) is 2.81. The van der Waals surface area contributed by atoms with Gasteiger partial charge in [-0.1, -0.05) is 24.3 Å². The molecule has 0 saturated heterocycles. The largest absolute Gasteiger partial charge is 0.361 e. The van der Waals surface area contributed by atoms with Crippen LogP contribution >= 0.6 is 0 Å². The lowest BCUT2D eigenvalue weighted by molar-refractivity contribution is 0.217. The maximum Gasteiger partial charge on any atom is 0.321 e. The Morgan fingerprint density at radius 1 is 1.09 bits per heavy atom. The fourth-order valence-corrected chi connectivity index (χ4v) is 2.81. The van der Waals surface area contributed by atoms with Crippen LogP contribution in [0.5, 0.6) is 0 Å². The van der Waals surface area contributed by atoms with Crippen molar-refractivity contribution < 1.29 is 4.79 Å². The first kappa shape index (κ1) is 15.2. The molecule has 0 spiro atoms. The summed E-state index contributed by atoms with van der Waals surface area (Å²) in [6.45, 7) is 5.35. The van der Waals surface area contributed by atoms with E-state index in [9.17, 15) is 4.79 Å². The third kappa shape index (κ3) is 3.06. The summed E-state index contributed by atoms with van der Waals surface area (Å²) in [4.78, 5) is 17.2. The first-order valence-corrected chi connectivity index (χ1v) is 7.95. The minimum Gasteiger partial charge on any atom is -0.361 e. The first-order valence-electron chi connectivity index (χ1n) is 7.95. The van der Waals surface area contributed by atoms with E-state index in [2.05, 4.69) is 34.6 Å². The second kappa shape index (κ2) is 6.57. The number of benzene rings is 2. The normalized spacial score (nSPS) is 10.7. The van der Waals surface area contributed by atoms with Gasteiger partial charge in [0.1, 0.15) is 0 Å². The number of urea groups is 1. The molecule has 0 bridgehead atoms. The van der Waals surface area contributed by atoms with Gasteiger partial charge < -0.3 is 15.2 Å². The van der Waals surface area contributed by atoms with Gasteiger partial charge in [0.2, 0.25) is 0 Å². The SMILES string of the molecule is CCN(CC)C(=O)Nc1cccc(-c2cccc3[nH]ccc23)c1. The molecule has 0 fully saturated rings. The zero-order chi connectivity index (χ0) is 16.2. The highest BCUT2D eigenvalue weighted by molar-refractivity contribution is 5.96. The Kier molecular flexibility index (Phi) is 4.33. The van der Waals surface area contributed by atoms with Gasteiger partial charge in [-0.05, 0) is 49.2 Å². The van der Waals surface area contributed by atoms with E-state index in [1.54, 1.807) is 4.90 Å². The Morgan fingerprint density at radius 2 is 1.87 bits per heavy atom. The number of nitrogens with zero attached hydrogens (tertiary/aromatic N) is 1. The number of nitrogens with one attached hydrogen (secondary N) is 2. The smallest absolute Gasteiger partial charge is 0.321 e. The Hall–Kier alpha value is -2.75.